The smallest absolute Gasteiger partial charge is 0.127 e. The summed E-state index contributed by atoms with van der Waals surface area (Å²) in [5.41, 5.74) is 4.21. The molecule has 0 bridgehead atoms. The lowest BCUT2D eigenvalue weighted by Crippen LogP contribution is -2.16. The molecule has 138 valence electrons. The van der Waals surface area contributed by atoms with Crippen LogP contribution in [0.15, 0.2) is 48.0 Å². The van der Waals surface area contributed by atoms with E-state index in [1.807, 2.05) is 24.4 Å². The summed E-state index contributed by atoms with van der Waals surface area (Å²) in [7, 11) is 1.71. The van der Waals surface area contributed by atoms with E-state index in [9.17, 15) is 0 Å². The molecule has 0 fully saturated rings. The monoisotopic (exact) mass is 396 g/mol. The van der Waals surface area contributed by atoms with E-state index in [1.54, 1.807) is 18.4 Å². The first-order valence-electron chi connectivity index (χ1n) is 9.05. The Morgan fingerprint density at radius 2 is 2.07 bits per heavy atom. The molecule has 2 heterocycles. The third kappa shape index (κ3) is 3.41. The van der Waals surface area contributed by atoms with Crippen molar-refractivity contribution in [1.29, 1.82) is 0 Å². The molecule has 2 aromatic heterocycles. The Hall–Kier alpha value is -2.14. The van der Waals surface area contributed by atoms with Gasteiger partial charge in [0.2, 0.25) is 0 Å². The molecule has 0 spiro atoms. The number of halogens is 1. The van der Waals surface area contributed by atoms with Crippen molar-refractivity contribution < 1.29 is 4.74 Å². The lowest BCUT2D eigenvalue weighted by atomic mass is 9.96. The molecule has 0 radical (unpaired) electrons. The topological polar surface area (TPSA) is 34.1 Å². The van der Waals surface area contributed by atoms with Gasteiger partial charge in [-0.3, -0.25) is 4.98 Å². The third-order valence-corrected chi connectivity index (χ3v) is 6.02. The normalized spacial score (nSPS) is 11.4. The molecule has 4 aromatic rings. The molecule has 27 heavy (non-hydrogen) atoms. The number of thiophene rings is 1. The van der Waals surface area contributed by atoms with Gasteiger partial charge in [0.1, 0.15) is 5.75 Å². The van der Waals surface area contributed by atoms with Gasteiger partial charge < -0.3 is 10.1 Å². The first-order valence-corrected chi connectivity index (χ1v) is 10.3. The zero-order valence-electron chi connectivity index (χ0n) is 15.4. The predicted octanol–water partition coefficient (Wildman–Crippen LogP) is 5.93. The van der Waals surface area contributed by atoms with E-state index in [0.717, 1.165) is 57.9 Å². The molecule has 0 aliphatic rings. The van der Waals surface area contributed by atoms with Crippen LogP contribution in [0.3, 0.4) is 0 Å². The van der Waals surface area contributed by atoms with Gasteiger partial charge in [0, 0.05) is 27.6 Å². The highest BCUT2D eigenvalue weighted by atomic mass is 35.5. The van der Waals surface area contributed by atoms with Gasteiger partial charge in [-0.1, -0.05) is 30.7 Å². The van der Waals surface area contributed by atoms with Gasteiger partial charge in [-0.15, -0.1) is 11.3 Å². The number of methoxy groups -OCH3 is 1. The van der Waals surface area contributed by atoms with Crippen LogP contribution in [-0.2, 0) is 6.42 Å². The minimum Gasteiger partial charge on any atom is -0.496 e. The van der Waals surface area contributed by atoms with Crippen LogP contribution in [-0.4, -0.2) is 25.2 Å². The largest absolute Gasteiger partial charge is 0.496 e. The molecule has 5 heteroatoms. The molecule has 0 aliphatic heterocycles. The fraction of sp³-hybridized carbons (Fsp3) is 0.227. The van der Waals surface area contributed by atoms with Crippen molar-refractivity contribution in [1.82, 2.24) is 10.3 Å². The van der Waals surface area contributed by atoms with E-state index in [-0.39, 0.29) is 0 Å². The molecule has 1 N–H and O–H groups in total. The third-order valence-electron chi connectivity index (χ3n) is 4.81. The number of benzene rings is 2. The summed E-state index contributed by atoms with van der Waals surface area (Å²) in [5, 5.41) is 8.55. The summed E-state index contributed by atoms with van der Waals surface area (Å²) < 4.78 is 6.88. The van der Waals surface area contributed by atoms with Crippen LogP contribution in [0.5, 0.6) is 5.75 Å². The van der Waals surface area contributed by atoms with E-state index in [4.69, 9.17) is 16.3 Å². The zero-order chi connectivity index (χ0) is 18.8. The fourth-order valence-electron chi connectivity index (χ4n) is 3.47. The second-order valence-electron chi connectivity index (χ2n) is 6.40. The van der Waals surface area contributed by atoms with Crippen molar-refractivity contribution in [3.05, 3.63) is 58.6 Å². The highest BCUT2D eigenvalue weighted by Crippen LogP contribution is 2.41. The minimum absolute atomic E-state index is 0.787. The van der Waals surface area contributed by atoms with Crippen LogP contribution in [0.25, 0.3) is 32.1 Å². The Kier molecular flexibility index (Phi) is 5.30. The first kappa shape index (κ1) is 18.2. The maximum atomic E-state index is 6.62. The molecule has 3 nitrogen and oxygen atoms in total. The van der Waals surface area contributed by atoms with Crippen LogP contribution >= 0.6 is 22.9 Å². The average Bonchev–Trinajstić information content (AvgIpc) is 3.17. The quantitative estimate of drug-likeness (QED) is 0.410. The fourth-order valence-corrected chi connectivity index (χ4v) is 4.51. The summed E-state index contributed by atoms with van der Waals surface area (Å²) in [5.74, 6) is 0.833. The number of hydrogen-bond acceptors (Lipinski definition) is 4. The summed E-state index contributed by atoms with van der Waals surface area (Å²) in [6.45, 7) is 4.00. The van der Waals surface area contributed by atoms with Gasteiger partial charge in [-0.05, 0) is 60.3 Å². The van der Waals surface area contributed by atoms with Crippen molar-refractivity contribution in [2.24, 2.45) is 0 Å². The Bertz CT molecular complexity index is 1110. The number of rotatable bonds is 6. The molecule has 4 rings (SSSR count). The van der Waals surface area contributed by atoms with Crippen LogP contribution in [0, 0.1) is 0 Å². The molecular formula is C22H21ClN2OS. The molecule has 0 saturated heterocycles. The van der Waals surface area contributed by atoms with Crippen molar-refractivity contribution in [2.75, 3.05) is 20.2 Å². The van der Waals surface area contributed by atoms with Crippen molar-refractivity contribution in [3.8, 4) is 16.9 Å². The standard InChI is InChI=1S/C22H21ClN2OS/c1-3-24-10-8-14-4-5-15(12-17(14)23)21-19(26-2)7-6-18-22(21)16-9-11-27-20(16)13-25-18/h4-7,9,11-13,24H,3,8,10H2,1-2H3. The summed E-state index contributed by atoms with van der Waals surface area (Å²) in [4.78, 5) is 4.65. The Balaban J connectivity index is 1.90. The van der Waals surface area contributed by atoms with E-state index in [0.29, 0.717) is 0 Å². The van der Waals surface area contributed by atoms with Crippen molar-refractivity contribution in [2.45, 2.75) is 13.3 Å². The van der Waals surface area contributed by atoms with E-state index in [2.05, 4.69) is 40.8 Å². The van der Waals surface area contributed by atoms with Gasteiger partial charge in [0.25, 0.3) is 0 Å². The summed E-state index contributed by atoms with van der Waals surface area (Å²) in [6, 6.07) is 12.5. The maximum Gasteiger partial charge on any atom is 0.127 e. The minimum atomic E-state index is 0.787. The van der Waals surface area contributed by atoms with Crippen LogP contribution < -0.4 is 10.1 Å². The number of nitrogens with one attached hydrogen (secondary N) is 1. The van der Waals surface area contributed by atoms with Gasteiger partial charge in [-0.2, -0.15) is 0 Å². The number of likely N-dealkylation sites (N-methyl/N-ethyl adjacent to an activating group) is 1. The average molecular weight is 397 g/mol. The van der Waals surface area contributed by atoms with Crippen LogP contribution in [0.2, 0.25) is 5.02 Å². The summed E-state index contributed by atoms with van der Waals surface area (Å²) >= 11 is 8.32. The molecule has 2 aromatic carbocycles. The Morgan fingerprint density at radius 3 is 2.85 bits per heavy atom. The maximum absolute atomic E-state index is 6.62. The number of aromatic nitrogens is 1. The zero-order valence-corrected chi connectivity index (χ0v) is 17.0. The molecule has 0 saturated carbocycles. The highest BCUT2D eigenvalue weighted by Gasteiger charge is 2.16. The Labute approximate surface area is 168 Å². The Morgan fingerprint density at radius 1 is 1.19 bits per heavy atom. The van der Waals surface area contributed by atoms with Crippen molar-refractivity contribution >= 4 is 43.9 Å². The molecule has 0 unspecified atom stereocenters. The number of hydrogen-bond donors (Lipinski definition) is 1. The van der Waals surface area contributed by atoms with Crippen LogP contribution in [0.4, 0.5) is 0 Å². The van der Waals surface area contributed by atoms with E-state index < -0.39 is 0 Å². The second kappa shape index (κ2) is 7.85. The SMILES string of the molecule is CCNCCc1ccc(-c2c(OC)ccc3ncc4sccc4c23)cc1Cl. The summed E-state index contributed by atoms with van der Waals surface area (Å²) in [6.07, 6.45) is 2.85. The first-order chi connectivity index (χ1) is 13.2. The number of pyridine rings is 1. The van der Waals surface area contributed by atoms with E-state index >= 15 is 0 Å². The van der Waals surface area contributed by atoms with Gasteiger partial charge in [-0.25, -0.2) is 0 Å². The number of ether oxygens (including phenoxy) is 1. The number of nitrogens with zero attached hydrogens (tertiary/aromatic N) is 1. The van der Waals surface area contributed by atoms with Gasteiger partial charge in [0.15, 0.2) is 0 Å². The number of fused-ring (bicyclic) bond motifs is 3. The lowest BCUT2D eigenvalue weighted by Gasteiger charge is -2.14. The molecule has 0 aliphatic carbocycles. The van der Waals surface area contributed by atoms with Gasteiger partial charge in [0.05, 0.1) is 17.3 Å². The van der Waals surface area contributed by atoms with Crippen LogP contribution in [0.1, 0.15) is 12.5 Å². The molecule has 0 amide bonds. The van der Waals surface area contributed by atoms with Crippen molar-refractivity contribution in [3.63, 3.8) is 0 Å². The molecular weight excluding hydrogens is 376 g/mol. The molecule has 0 atom stereocenters. The van der Waals surface area contributed by atoms with E-state index in [1.165, 1.54) is 10.1 Å². The second-order valence-corrected chi connectivity index (χ2v) is 7.76. The van der Waals surface area contributed by atoms with Gasteiger partial charge >= 0.3 is 0 Å². The lowest BCUT2D eigenvalue weighted by molar-refractivity contribution is 0.417. The predicted molar refractivity (Wildman–Crippen MR) is 116 cm³/mol. The highest BCUT2D eigenvalue weighted by molar-refractivity contribution is 7.17.